The summed E-state index contributed by atoms with van der Waals surface area (Å²) < 4.78 is 17.6. The second-order valence-corrected chi connectivity index (χ2v) is 4.00. The van der Waals surface area contributed by atoms with Crippen molar-refractivity contribution in [2.45, 2.75) is 12.8 Å². The Bertz CT molecular complexity index is 468. The Kier molecular flexibility index (Phi) is 3.54. The van der Waals surface area contributed by atoms with Gasteiger partial charge in [0.2, 0.25) is 0 Å². The summed E-state index contributed by atoms with van der Waals surface area (Å²) in [5, 5.41) is 0. The normalized spacial score (nSPS) is 14.9. The number of nitrogens with two attached hydrogens (primary N) is 1. The quantitative estimate of drug-likeness (QED) is 0.868. The standard InChI is InChI=1S/C13H14FNO2/c14-6-9(7-15)8-17-11-3-1-10-2-4-13(16)12(10)5-11/h1,3,5-6H,2,4,7-8,15H2/b9-6-. The summed E-state index contributed by atoms with van der Waals surface area (Å²) in [5.74, 6) is 0.720. The van der Waals surface area contributed by atoms with Gasteiger partial charge in [-0.25, -0.2) is 4.39 Å². The molecule has 1 aromatic carbocycles. The summed E-state index contributed by atoms with van der Waals surface area (Å²) in [6.07, 6.45) is 1.82. The van der Waals surface area contributed by atoms with Crippen molar-refractivity contribution in [3.8, 4) is 5.75 Å². The third kappa shape index (κ3) is 2.53. The predicted molar refractivity (Wildman–Crippen MR) is 62.8 cm³/mol. The highest BCUT2D eigenvalue weighted by Gasteiger charge is 2.19. The van der Waals surface area contributed by atoms with Gasteiger partial charge in [0.15, 0.2) is 5.78 Å². The van der Waals surface area contributed by atoms with Gasteiger partial charge in [-0.3, -0.25) is 4.79 Å². The maximum atomic E-state index is 12.3. The minimum absolute atomic E-state index is 0.111. The highest BCUT2D eigenvalue weighted by Crippen LogP contribution is 2.26. The van der Waals surface area contributed by atoms with Crippen LogP contribution in [0.15, 0.2) is 30.1 Å². The third-order valence-electron chi connectivity index (χ3n) is 2.84. The molecular formula is C13H14FNO2. The molecule has 0 bridgehead atoms. The molecule has 4 heteroatoms. The van der Waals surface area contributed by atoms with Gasteiger partial charge in [-0.2, -0.15) is 0 Å². The van der Waals surface area contributed by atoms with E-state index in [4.69, 9.17) is 10.5 Å². The minimum Gasteiger partial charge on any atom is -0.489 e. The number of hydrogen-bond donors (Lipinski definition) is 1. The van der Waals surface area contributed by atoms with E-state index in [-0.39, 0.29) is 18.9 Å². The van der Waals surface area contributed by atoms with Crippen LogP contribution in [0.5, 0.6) is 5.75 Å². The number of halogens is 1. The molecule has 1 aromatic rings. The Morgan fingerprint density at radius 3 is 3.00 bits per heavy atom. The highest BCUT2D eigenvalue weighted by atomic mass is 19.1. The van der Waals surface area contributed by atoms with E-state index in [2.05, 4.69) is 0 Å². The Hall–Kier alpha value is -1.68. The molecular weight excluding hydrogens is 221 g/mol. The van der Waals surface area contributed by atoms with Crippen molar-refractivity contribution < 1.29 is 13.9 Å². The van der Waals surface area contributed by atoms with Crippen LogP contribution in [-0.2, 0) is 6.42 Å². The fraction of sp³-hybridized carbons (Fsp3) is 0.308. The first-order chi connectivity index (χ1) is 8.24. The van der Waals surface area contributed by atoms with Gasteiger partial charge in [0.1, 0.15) is 12.4 Å². The molecule has 2 rings (SSSR count). The molecule has 17 heavy (non-hydrogen) atoms. The first-order valence-electron chi connectivity index (χ1n) is 5.51. The lowest BCUT2D eigenvalue weighted by molar-refractivity contribution is 0.0994. The Morgan fingerprint density at radius 2 is 2.29 bits per heavy atom. The van der Waals surface area contributed by atoms with E-state index in [1.807, 2.05) is 6.07 Å². The summed E-state index contributed by atoms with van der Waals surface area (Å²) >= 11 is 0. The molecule has 0 atom stereocenters. The summed E-state index contributed by atoms with van der Waals surface area (Å²) in [6.45, 7) is 0.236. The largest absolute Gasteiger partial charge is 0.489 e. The van der Waals surface area contributed by atoms with Crippen LogP contribution in [0.3, 0.4) is 0 Å². The Labute approximate surface area is 99.1 Å². The molecule has 0 aliphatic heterocycles. The highest BCUT2D eigenvalue weighted by molar-refractivity contribution is 6.00. The Morgan fingerprint density at radius 1 is 1.47 bits per heavy atom. The van der Waals surface area contributed by atoms with Crippen molar-refractivity contribution >= 4 is 5.78 Å². The van der Waals surface area contributed by atoms with Crippen LogP contribution >= 0.6 is 0 Å². The van der Waals surface area contributed by atoms with E-state index in [0.29, 0.717) is 24.1 Å². The van der Waals surface area contributed by atoms with Crippen LogP contribution in [0.1, 0.15) is 22.3 Å². The zero-order valence-electron chi connectivity index (χ0n) is 9.41. The number of carbonyl (C=O) groups excluding carboxylic acids is 1. The van der Waals surface area contributed by atoms with Crippen molar-refractivity contribution in [1.82, 2.24) is 0 Å². The lowest BCUT2D eigenvalue weighted by Gasteiger charge is -2.08. The zero-order valence-corrected chi connectivity index (χ0v) is 9.41. The molecule has 2 N–H and O–H groups in total. The lowest BCUT2D eigenvalue weighted by atomic mass is 10.1. The van der Waals surface area contributed by atoms with Crippen molar-refractivity contribution in [1.29, 1.82) is 0 Å². The fourth-order valence-electron chi connectivity index (χ4n) is 1.82. The van der Waals surface area contributed by atoms with Crippen molar-refractivity contribution in [2.24, 2.45) is 5.73 Å². The molecule has 1 aliphatic rings. The van der Waals surface area contributed by atoms with Crippen LogP contribution in [-0.4, -0.2) is 18.9 Å². The molecule has 0 saturated heterocycles. The molecule has 3 nitrogen and oxygen atoms in total. The number of fused-ring (bicyclic) bond motifs is 1. The number of ether oxygens (including phenoxy) is 1. The number of benzene rings is 1. The molecule has 0 saturated carbocycles. The average Bonchev–Trinajstić information content (AvgIpc) is 2.72. The maximum Gasteiger partial charge on any atom is 0.163 e. The second-order valence-electron chi connectivity index (χ2n) is 4.00. The van der Waals surface area contributed by atoms with Crippen LogP contribution in [0.25, 0.3) is 0 Å². The maximum absolute atomic E-state index is 12.3. The van der Waals surface area contributed by atoms with Gasteiger partial charge in [0.05, 0.1) is 6.33 Å². The summed E-state index contributed by atoms with van der Waals surface area (Å²) in [6, 6.07) is 5.40. The number of ketones is 1. The molecule has 0 heterocycles. The monoisotopic (exact) mass is 235 g/mol. The van der Waals surface area contributed by atoms with Gasteiger partial charge in [0, 0.05) is 24.1 Å². The van der Waals surface area contributed by atoms with E-state index in [9.17, 15) is 9.18 Å². The molecule has 0 aromatic heterocycles. The number of carbonyl (C=O) groups is 1. The fourth-order valence-corrected chi connectivity index (χ4v) is 1.82. The van der Waals surface area contributed by atoms with E-state index in [1.165, 1.54) is 0 Å². The van der Waals surface area contributed by atoms with Crippen molar-refractivity contribution in [3.05, 3.63) is 41.2 Å². The molecule has 1 aliphatic carbocycles. The topological polar surface area (TPSA) is 52.3 Å². The Balaban J connectivity index is 2.08. The summed E-state index contributed by atoms with van der Waals surface area (Å²) in [7, 11) is 0. The molecule has 0 spiro atoms. The number of aryl methyl sites for hydroxylation is 1. The second kappa shape index (κ2) is 5.10. The SMILES string of the molecule is NC/C(=C/F)COc1ccc2c(c1)C(=O)CC2. The molecule has 0 unspecified atom stereocenters. The van der Waals surface area contributed by atoms with Gasteiger partial charge in [-0.05, 0) is 24.1 Å². The van der Waals surface area contributed by atoms with Gasteiger partial charge < -0.3 is 10.5 Å². The van der Waals surface area contributed by atoms with Gasteiger partial charge in [0.25, 0.3) is 0 Å². The van der Waals surface area contributed by atoms with Crippen LogP contribution in [0.4, 0.5) is 4.39 Å². The summed E-state index contributed by atoms with van der Waals surface area (Å²) in [4.78, 5) is 11.5. The van der Waals surface area contributed by atoms with E-state index >= 15 is 0 Å². The van der Waals surface area contributed by atoms with Gasteiger partial charge in [-0.15, -0.1) is 0 Å². The van der Waals surface area contributed by atoms with Crippen molar-refractivity contribution in [3.63, 3.8) is 0 Å². The molecule has 90 valence electrons. The smallest absolute Gasteiger partial charge is 0.163 e. The number of rotatable bonds is 4. The molecule has 0 radical (unpaired) electrons. The zero-order chi connectivity index (χ0) is 12.3. The lowest BCUT2D eigenvalue weighted by Crippen LogP contribution is -2.10. The molecule has 0 fully saturated rings. The van der Waals surface area contributed by atoms with Gasteiger partial charge in [-0.1, -0.05) is 6.07 Å². The predicted octanol–water partition coefficient (Wildman–Crippen LogP) is 2.01. The minimum atomic E-state index is 0.111. The van der Waals surface area contributed by atoms with E-state index < -0.39 is 0 Å². The summed E-state index contributed by atoms with van der Waals surface area (Å²) in [5.41, 5.74) is 7.48. The van der Waals surface area contributed by atoms with Crippen LogP contribution < -0.4 is 10.5 Å². The first kappa shape index (κ1) is 11.8. The van der Waals surface area contributed by atoms with E-state index in [1.54, 1.807) is 12.1 Å². The molecule has 0 amide bonds. The van der Waals surface area contributed by atoms with Crippen LogP contribution in [0, 0.1) is 0 Å². The number of hydrogen-bond acceptors (Lipinski definition) is 3. The van der Waals surface area contributed by atoms with Gasteiger partial charge >= 0.3 is 0 Å². The first-order valence-corrected chi connectivity index (χ1v) is 5.51. The number of Topliss-reactive ketones (excluding diaryl/α,β-unsaturated/α-hetero) is 1. The van der Waals surface area contributed by atoms with Crippen molar-refractivity contribution in [2.75, 3.05) is 13.2 Å². The van der Waals surface area contributed by atoms with Crippen LogP contribution in [0.2, 0.25) is 0 Å². The van der Waals surface area contributed by atoms with E-state index in [0.717, 1.165) is 17.5 Å². The average molecular weight is 235 g/mol. The third-order valence-corrected chi connectivity index (χ3v) is 2.84.